The number of nitrogens with zero attached hydrogens (tertiary/aromatic N) is 1. The third kappa shape index (κ3) is 4.49. The highest BCUT2D eigenvalue weighted by atomic mass is 16.5. The van der Waals surface area contributed by atoms with Gasteiger partial charge in [0.1, 0.15) is 0 Å². The van der Waals surface area contributed by atoms with Crippen molar-refractivity contribution >= 4 is 5.82 Å². The van der Waals surface area contributed by atoms with Crippen LogP contribution in [0.25, 0.3) is 0 Å². The smallest absolute Gasteiger partial charge is 0.168 e. The Balaban J connectivity index is 2.43. The summed E-state index contributed by atoms with van der Waals surface area (Å²) < 4.78 is 5.57. The summed E-state index contributed by atoms with van der Waals surface area (Å²) in [6, 6.07) is 3.78. The van der Waals surface area contributed by atoms with Gasteiger partial charge in [0.05, 0.1) is 6.61 Å². The van der Waals surface area contributed by atoms with Crippen LogP contribution in [0.15, 0.2) is 18.3 Å². The minimum absolute atomic E-state index is 0.239. The van der Waals surface area contributed by atoms with Gasteiger partial charge in [-0.15, -0.1) is 0 Å². The van der Waals surface area contributed by atoms with E-state index in [0.717, 1.165) is 37.4 Å². The Morgan fingerprint density at radius 3 is 3.06 bits per heavy atom. The third-order valence-electron chi connectivity index (χ3n) is 2.11. The molecule has 2 N–H and O–H groups in total. The monoisotopic (exact) mass is 224 g/mol. The molecular formula is C12H20N2O2. The van der Waals surface area contributed by atoms with Crippen LogP contribution in [0.4, 0.5) is 5.82 Å². The highest BCUT2D eigenvalue weighted by Crippen LogP contribution is 2.20. The number of aliphatic hydroxyl groups is 1. The number of anilines is 1. The van der Waals surface area contributed by atoms with Crippen LogP contribution in [0.3, 0.4) is 0 Å². The van der Waals surface area contributed by atoms with Crippen LogP contribution >= 0.6 is 0 Å². The van der Waals surface area contributed by atoms with E-state index in [2.05, 4.69) is 17.2 Å². The van der Waals surface area contributed by atoms with Crippen molar-refractivity contribution in [2.45, 2.75) is 26.2 Å². The van der Waals surface area contributed by atoms with Crippen LogP contribution in [0.5, 0.6) is 5.75 Å². The molecule has 0 aromatic carbocycles. The summed E-state index contributed by atoms with van der Waals surface area (Å²) in [5.74, 6) is 1.59. The summed E-state index contributed by atoms with van der Waals surface area (Å²) in [4.78, 5) is 4.23. The van der Waals surface area contributed by atoms with E-state index in [0.29, 0.717) is 6.61 Å². The first-order valence-corrected chi connectivity index (χ1v) is 5.81. The van der Waals surface area contributed by atoms with Gasteiger partial charge in [0, 0.05) is 19.3 Å². The van der Waals surface area contributed by atoms with Gasteiger partial charge in [0.15, 0.2) is 11.6 Å². The van der Waals surface area contributed by atoms with E-state index in [-0.39, 0.29) is 6.61 Å². The molecule has 0 spiro atoms. The lowest BCUT2D eigenvalue weighted by molar-refractivity contribution is 0.286. The fraction of sp³-hybridized carbons (Fsp3) is 0.583. The zero-order valence-electron chi connectivity index (χ0n) is 9.78. The molecule has 0 unspecified atom stereocenters. The lowest BCUT2D eigenvalue weighted by Gasteiger charge is -2.11. The van der Waals surface area contributed by atoms with Gasteiger partial charge in [0.2, 0.25) is 0 Å². The molecule has 0 bridgehead atoms. The Morgan fingerprint density at radius 2 is 2.31 bits per heavy atom. The highest BCUT2D eigenvalue weighted by molar-refractivity contribution is 5.49. The zero-order chi connectivity index (χ0) is 11.6. The van der Waals surface area contributed by atoms with Crippen molar-refractivity contribution in [3.05, 3.63) is 18.3 Å². The standard InChI is InChI=1S/C12H20N2O2/c1-2-10-16-11-6-5-8-14-12(11)13-7-3-4-9-15/h5-6,8,15H,2-4,7,9-10H2,1H3,(H,13,14). The number of aromatic nitrogens is 1. The number of pyridine rings is 1. The van der Waals surface area contributed by atoms with Crippen molar-refractivity contribution in [3.8, 4) is 5.75 Å². The van der Waals surface area contributed by atoms with Gasteiger partial charge in [-0.25, -0.2) is 4.98 Å². The predicted octanol–water partition coefficient (Wildman–Crippen LogP) is 2.05. The lowest BCUT2D eigenvalue weighted by atomic mass is 10.3. The first-order chi connectivity index (χ1) is 7.88. The van der Waals surface area contributed by atoms with Gasteiger partial charge < -0.3 is 15.2 Å². The van der Waals surface area contributed by atoms with E-state index in [9.17, 15) is 0 Å². The van der Waals surface area contributed by atoms with E-state index >= 15 is 0 Å². The van der Waals surface area contributed by atoms with E-state index < -0.39 is 0 Å². The van der Waals surface area contributed by atoms with E-state index in [1.165, 1.54) is 0 Å². The maximum atomic E-state index is 8.67. The van der Waals surface area contributed by atoms with Crippen LogP contribution in [0.2, 0.25) is 0 Å². The number of nitrogens with one attached hydrogen (secondary N) is 1. The molecule has 0 aliphatic carbocycles. The minimum Gasteiger partial charge on any atom is -0.490 e. The van der Waals surface area contributed by atoms with Gasteiger partial charge in [-0.2, -0.15) is 0 Å². The topological polar surface area (TPSA) is 54.4 Å². The van der Waals surface area contributed by atoms with Crippen molar-refractivity contribution in [2.75, 3.05) is 25.1 Å². The molecule has 0 atom stereocenters. The molecule has 90 valence electrons. The van der Waals surface area contributed by atoms with E-state index in [1.54, 1.807) is 6.20 Å². The number of ether oxygens (including phenoxy) is 1. The first-order valence-electron chi connectivity index (χ1n) is 5.81. The molecule has 0 saturated carbocycles. The SMILES string of the molecule is CCCOc1cccnc1NCCCCO. The molecule has 1 aromatic rings. The predicted molar refractivity (Wildman–Crippen MR) is 64.8 cm³/mol. The second kappa shape index (κ2) is 7.93. The molecule has 0 fully saturated rings. The summed E-state index contributed by atoms with van der Waals surface area (Å²) in [5, 5.41) is 11.9. The van der Waals surface area contributed by atoms with E-state index in [4.69, 9.17) is 9.84 Å². The summed E-state index contributed by atoms with van der Waals surface area (Å²) >= 11 is 0. The molecule has 0 amide bonds. The van der Waals surface area contributed by atoms with Crippen LogP contribution in [-0.2, 0) is 0 Å². The summed E-state index contributed by atoms with van der Waals surface area (Å²) in [6.07, 6.45) is 4.47. The molecule has 0 radical (unpaired) electrons. The Kier molecular flexibility index (Phi) is 6.33. The average molecular weight is 224 g/mol. The Hall–Kier alpha value is -1.29. The van der Waals surface area contributed by atoms with Gasteiger partial charge in [0.25, 0.3) is 0 Å². The summed E-state index contributed by atoms with van der Waals surface area (Å²) in [5.41, 5.74) is 0. The Labute approximate surface area is 96.7 Å². The summed E-state index contributed by atoms with van der Waals surface area (Å²) in [7, 11) is 0. The van der Waals surface area contributed by atoms with Crippen LogP contribution < -0.4 is 10.1 Å². The van der Waals surface area contributed by atoms with Crippen LogP contribution in [0.1, 0.15) is 26.2 Å². The second-order valence-electron chi connectivity index (χ2n) is 3.56. The van der Waals surface area contributed by atoms with Gasteiger partial charge in [-0.3, -0.25) is 0 Å². The number of hydrogen-bond acceptors (Lipinski definition) is 4. The molecule has 0 aliphatic rings. The van der Waals surface area contributed by atoms with Crippen molar-refractivity contribution < 1.29 is 9.84 Å². The quantitative estimate of drug-likeness (QED) is 0.664. The van der Waals surface area contributed by atoms with Gasteiger partial charge >= 0.3 is 0 Å². The molecule has 4 nitrogen and oxygen atoms in total. The highest BCUT2D eigenvalue weighted by Gasteiger charge is 2.02. The van der Waals surface area contributed by atoms with Gasteiger partial charge in [-0.05, 0) is 31.4 Å². The zero-order valence-corrected chi connectivity index (χ0v) is 9.78. The average Bonchev–Trinajstić information content (AvgIpc) is 2.33. The minimum atomic E-state index is 0.239. The van der Waals surface area contributed by atoms with Crippen LogP contribution in [0, 0.1) is 0 Å². The second-order valence-corrected chi connectivity index (χ2v) is 3.56. The van der Waals surface area contributed by atoms with Gasteiger partial charge in [-0.1, -0.05) is 6.92 Å². The Bertz CT molecular complexity index is 292. The molecule has 0 saturated heterocycles. The maximum Gasteiger partial charge on any atom is 0.168 e. The first kappa shape index (κ1) is 12.8. The number of aliphatic hydroxyl groups excluding tert-OH is 1. The van der Waals surface area contributed by atoms with Crippen molar-refractivity contribution in [1.82, 2.24) is 4.98 Å². The fourth-order valence-corrected chi connectivity index (χ4v) is 1.30. The largest absolute Gasteiger partial charge is 0.490 e. The number of rotatable bonds is 8. The molecule has 16 heavy (non-hydrogen) atoms. The molecule has 4 heteroatoms. The summed E-state index contributed by atoms with van der Waals surface area (Å²) in [6.45, 7) is 3.82. The molecule has 0 aliphatic heterocycles. The third-order valence-corrected chi connectivity index (χ3v) is 2.11. The number of unbranched alkanes of at least 4 members (excludes halogenated alkanes) is 1. The Morgan fingerprint density at radius 1 is 1.44 bits per heavy atom. The molecular weight excluding hydrogens is 204 g/mol. The molecule has 1 aromatic heterocycles. The normalized spacial score (nSPS) is 10.1. The van der Waals surface area contributed by atoms with Crippen molar-refractivity contribution in [2.24, 2.45) is 0 Å². The number of hydrogen-bond donors (Lipinski definition) is 2. The lowest BCUT2D eigenvalue weighted by Crippen LogP contribution is -2.07. The molecule has 1 rings (SSSR count). The fourth-order valence-electron chi connectivity index (χ4n) is 1.30. The maximum absolute atomic E-state index is 8.67. The van der Waals surface area contributed by atoms with E-state index in [1.807, 2.05) is 12.1 Å². The van der Waals surface area contributed by atoms with Crippen molar-refractivity contribution in [1.29, 1.82) is 0 Å². The van der Waals surface area contributed by atoms with Crippen LogP contribution in [-0.4, -0.2) is 29.8 Å². The van der Waals surface area contributed by atoms with Crippen molar-refractivity contribution in [3.63, 3.8) is 0 Å². The molecule has 1 heterocycles.